The Hall–Kier alpha value is -0.930. The molecule has 17 heavy (non-hydrogen) atoms. The summed E-state index contributed by atoms with van der Waals surface area (Å²) in [5.74, 6) is 1.49. The van der Waals surface area contributed by atoms with E-state index in [2.05, 4.69) is 11.4 Å². The molecule has 1 N–H and O–H groups in total. The molecule has 0 bridgehead atoms. The normalized spacial score (nSPS) is 23.5. The molecule has 1 aromatic carbocycles. The van der Waals surface area contributed by atoms with Gasteiger partial charge < -0.3 is 14.8 Å². The van der Waals surface area contributed by atoms with Gasteiger partial charge in [0.2, 0.25) is 0 Å². The summed E-state index contributed by atoms with van der Waals surface area (Å²) in [5.41, 5.74) is 1.13. The summed E-state index contributed by atoms with van der Waals surface area (Å²) in [7, 11) is 0. The van der Waals surface area contributed by atoms with Gasteiger partial charge in [-0.25, -0.2) is 0 Å². The molecule has 2 aliphatic rings. The van der Waals surface area contributed by atoms with Crippen molar-refractivity contribution in [2.75, 3.05) is 19.8 Å². The minimum absolute atomic E-state index is 0.361. The molecule has 0 spiro atoms. The number of rotatable bonds is 1. The number of hydrogen-bond acceptors (Lipinski definition) is 3. The van der Waals surface area contributed by atoms with Crippen LogP contribution in [0.25, 0.3) is 0 Å². The van der Waals surface area contributed by atoms with E-state index in [0.29, 0.717) is 24.3 Å². The van der Waals surface area contributed by atoms with Crippen molar-refractivity contribution in [1.82, 2.24) is 5.32 Å². The molecule has 2 heterocycles. The third-order valence-electron chi connectivity index (χ3n) is 3.32. The molecule has 3 rings (SSSR count). The third-order valence-corrected chi connectivity index (χ3v) is 3.71. The van der Waals surface area contributed by atoms with Crippen molar-refractivity contribution in [2.24, 2.45) is 0 Å². The van der Waals surface area contributed by atoms with Gasteiger partial charge in [0.15, 0.2) is 11.5 Å². The molecule has 1 saturated heterocycles. The molecule has 0 aromatic heterocycles. The minimum atomic E-state index is 0.361. The second kappa shape index (κ2) is 4.75. The first-order valence-electron chi connectivity index (χ1n) is 6.17. The van der Waals surface area contributed by atoms with Gasteiger partial charge >= 0.3 is 0 Å². The molecule has 92 valence electrons. The van der Waals surface area contributed by atoms with E-state index in [-0.39, 0.29) is 0 Å². The zero-order valence-electron chi connectivity index (χ0n) is 9.67. The smallest absolute Gasteiger partial charge is 0.180 e. The summed E-state index contributed by atoms with van der Waals surface area (Å²) in [6.07, 6.45) is 3.25. The average Bonchev–Trinajstić information content (AvgIpc) is 2.74. The molecule has 1 aromatic rings. The van der Waals surface area contributed by atoms with Gasteiger partial charge in [-0.3, -0.25) is 0 Å². The molecule has 0 saturated carbocycles. The Morgan fingerprint density at radius 1 is 1.18 bits per heavy atom. The first-order chi connectivity index (χ1) is 8.36. The van der Waals surface area contributed by atoms with E-state index < -0.39 is 0 Å². The van der Waals surface area contributed by atoms with Crippen molar-refractivity contribution >= 4 is 11.6 Å². The summed E-state index contributed by atoms with van der Waals surface area (Å²) < 4.78 is 11.3. The summed E-state index contributed by atoms with van der Waals surface area (Å²) in [6, 6.07) is 4.39. The van der Waals surface area contributed by atoms with E-state index in [0.717, 1.165) is 36.4 Å². The molecule has 4 heteroatoms. The zero-order valence-corrected chi connectivity index (χ0v) is 10.4. The first kappa shape index (κ1) is 11.2. The van der Waals surface area contributed by atoms with Gasteiger partial charge in [-0.15, -0.1) is 0 Å². The molecule has 0 aliphatic carbocycles. The van der Waals surface area contributed by atoms with Crippen LogP contribution in [0.15, 0.2) is 12.1 Å². The molecular weight excluding hydrogens is 238 g/mol. The molecule has 0 radical (unpaired) electrons. The summed E-state index contributed by atoms with van der Waals surface area (Å²) >= 11 is 6.43. The summed E-state index contributed by atoms with van der Waals surface area (Å²) in [5, 5.41) is 4.17. The lowest BCUT2D eigenvalue weighted by molar-refractivity contribution is 0.297. The minimum Gasteiger partial charge on any atom is -0.490 e. The third kappa shape index (κ3) is 2.09. The highest BCUT2D eigenvalue weighted by atomic mass is 35.5. The number of ether oxygens (including phenoxy) is 2. The Morgan fingerprint density at radius 3 is 2.88 bits per heavy atom. The molecular formula is C13H16ClNO2. The van der Waals surface area contributed by atoms with Crippen molar-refractivity contribution in [1.29, 1.82) is 0 Å². The van der Waals surface area contributed by atoms with Gasteiger partial charge in [0, 0.05) is 12.5 Å². The Labute approximate surface area is 106 Å². The van der Waals surface area contributed by atoms with Crippen LogP contribution in [0.3, 0.4) is 0 Å². The van der Waals surface area contributed by atoms with Gasteiger partial charge in [0.1, 0.15) is 0 Å². The number of hydrogen-bond donors (Lipinski definition) is 1. The molecule has 1 fully saturated rings. The van der Waals surface area contributed by atoms with Gasteiger partial charge in [-0.2, -0.15) is 0 Å². The molecule has 1 atom stereocenters. The topological polar surface area (TPSA) is 30.5 Å². The Bertz CT molecular complexity index is 416. The SMILES string of the molecule is Clc1c(C2CCCN2)ccc2c1OCCCO2. The highest BCUT2D eigenvalue weighted by molar-refractivity contribution is 6.33. The fraction of sp³-hybridized carbons (Fsp3) is 0.538. The predicted octanol–water partition coefficient (Wildman–Crippen LogP) is 2.93. The van der Waals surface area contributed by atoms with Crippen LogP contribution in [0.4, 0.5) is 0 Å². The van der Waals surface area contributed by atoms with Crippen LogP contribution < -0.4 is 14.8 Å². The fourth-order valence-electron chi connectivity index (χ4n) is 2.44. The highest BCUT2D eigenvalue weighted by Gasteiger charge is 2.23. The van der Waals surface area contributed by atoms with Crippen molar-refractivity contribution in [3.63, 3.8) is 0 Å². The van der Waals surface area contributed by atoms with E-state index in [1.807, 2.05) is 6.07 Å². The number of fused-ring (bicyclic) bond motifs is 1. The van der Waals surface area contributed by atoms with Crippen LogP contribution >= 0.6 is 11.6 Å². The van der Waals surface area contributed by atoms with Crippen molar-refractivity contribution in [2.45, 2.75) is 25.3 Å². The standard InChI is InChI=1S/C13H16ClNO2/c14-12-9(10-3-1-6-15-10)4-5-11-13(12)17-8-2-7-16-11/h4-5,10,15H,1-3,6-8H2. The lowest BCUT2D eigenvalue weighted by Crippen LogP contribution is -2.13. The number of halogens is 1. The van der Waals surface area contributed by atoms with Crippen molar-refractivity contribution in [3.05, 3.63) is 22.7 Å². The number of benzene rings is 1. The molecule has 3 nitrogen and oxygen atoms in total. The van der Waals surface area contributed by atoms with E-state index in [9.17, 15) is 0 Å². The fourth-order valence-corrected chi connectivity index (χ4v) is 2.78. The maximum absolute atomic E-state index is 6.43. The Kier molecular flexibility index (Phi) is 3.12. The second-order valence-electron chi connectivity index (χ2n) is 4.50. The maximum Gasteiger partial charge on any atom is 0.180 e. The summed E-state index contributed by atoms with van der Waals surface area (Å²) in [6.45, 7) is 2.44. The van der Waals surface area contributed by atoms with Gasteiger partial charge in [-0.05, 0) is 31.0 Å². The van der Waals surface area contributed by atoms with E-state index in [1.165, 1.54) is 6.42 Å². The van der Waals surface area contributed by atoms with Gasteiger partial charge in [0.05, 0.1) is 18.2 Å². The average molecular weight is 254 g/mol. The molecule has 2 aliphatic heterocycles. The number of nitrogens with one attached hydrogen (secondary N) is 1. The lowest BCUT2D eigenvalue weighted by atomic mass is 10.0. The molecule has 1 unspecified atom stereocenters. The monoisotopic (exact) mass is 253 g/mol. The quantitative estimate of drug-likeness (QED) is 0.835. The van der Waals surface area contributed by atoms with Gasteiger partial charge in [-0.1, -0.05) is 17.7 Å². The van der Waals surface area contributed by atoms with Crippen LogP contribution in [-0.2, 0) is 0 Å². The van der Waals surface area contributed by atoms with Crippen LogP contribution in [0.2, 0.25) is 5.02 Å². The van der Waals surface area contributed by atoms with Crippen LogP contribution in [0.5, 0.6) is 11.5 Å². The van der Waals surface area contributed by atoms with Crippen molar-refractivity contribution in [3.8, 4) is 11.5 Å². The van der Waals surface area contributed by atoms with E-state index >= 15 is 0 Å². The van der Waals surface area contributed by atoms with E-state index in [1.54, 1.807) is 0 Å². The van der Waals surface area contributed by atoms with Crippen LogP contribution in [0.1, 0.15) is 30.9 Å². The maximum atomic E-state index is 6.43. The van der Waals surface area contributed by atoms with Crippen molar-refractivity contribution < 1.29 is 9.47 Å². The zero-order chi connectivity index (χ0) is 11.7. The van der Waals surface area contributed by atoms with Gasteiger partial charge in [0.25, 0.3) is 0 Å². The Morgan fingerprint density at radius 2 is 2.06 bits per heavy atom. The lowest BCUT2D eigenvalue weighted by Gasteiger charge is -2.16. The second-order valence-corrected chi connectivity index (χ2v) is 4.87. The predicted molar refractivity (Wildman–Crippen MR) is 67.0 cm³/mol. The van der Waals surface area contributed by atoms with E-state index in [4.69, 9.17) is 21.1 Å². The largest absolute Gasteiger partial charge is 0.490 e. The first-order valence-corrected chi connectivity index (χ1v) is 6.55. The highest BCUT2D eigenvalue weighted by Crippen LogP contribution is 2.42. The Balaban J connectivity index is 1.98. The van der Waals surface area contributed by atoms with Crippen LogP contribution in [0, 0.1) is 0 Å². The van der Waals surface area contributed by atoms with Crippen LogP contribution in [-0.4, -0.2) is 19.8 Å². The summed E-state index contributed by atoms with van der Waals surface area (Å²) in [4.78, 5) is 0. The molecule has 0 amide bonds.